The number of nitrogens with one attached hydrogen (secondary N) is 1. The van der Waals surface area contributed by atoms with Gasteiger partial charge in [0.15, 0.2) is 0 Å². The van der Waals surface area contributed by atoms with Crippen LogP contribution in [0.4, 0.5) is 5.69 Å². The van der Waals surface area contributed by atoms with Crippen LogP contribution in [-0.2, 0) is 0 Å². The molecule has 1 saturated heterocycles. The van der Waals surface area contributed by atoms with E-state index in [1.54, 1.807) is 12.4 Å². The van der Waals surface area contributed by atoms with E-state index in [-0.39, 0.29) is 0 Å². The number of piperidine rings is 1. The summed E-state index contributed by atoms with van der Waals surface area (Å²) < 4.78 is 0. The van der Waals surface area contributed by atoms with Gasteiger partial charge in [-0.2, -0.15) is 0 Å². The minimum atomic E-state index is 0.363. The van der Waals surface area contributed by atoms with Gasteiger partial charge in [-0.3, -0.25) is 19.9 Å². The molecule has 5 nitrogen and oxygen atoms in total. The molecule has 0 aliphatic carbocycles. The van der Waals surface area contributed by atoms with Crippen molar-refractivity contribution in [3.63, 3.8) is 0 Å². The highest BCUT2D eigenvalue weighted by Crippen LogP contribution is 2.27. The van der Waals surface area contributed by atoms with Crippen molar-refractivity contribution in [1.29, 1.82) is 0 Å². The minimum absolute atomic E-state index is 0.363. The first-order valence-corrected chi connectivity index (χ1v) is 9.75. The topological polar surface area (TPSA) is 53.9 Å². The van der Waals surface area contributed by atoms with E-state index in [4.69, 9.17) is 0 Å². The van der Waals surface area contributed by atoms with Gasteiger partial charge < -0.3 is 5.32 Å². The van der Waals surface area contributed by atoms with Crippen LogP contribution in [0.15, 0.2) is 42.7 Å². The molecule has 0 saturated carbocycles. The number of hydrogen-bond donors (Lipinski definition) is 1. The van der Waals surface area contributed by atoms with Gasteiger partial charge in [0.25, 0.3) is 0 Å². The highest BCUT2D eigenvalue weighted by Gasteiger charge is 2.24. The first-order chi connectivity index (χ1) is 13.1. The Hall–Kier alpha value is -2.53. The van der Waals surface area contributed by atoms with Gasteiger partial charge >= 0.3 is 0 Å². The van der Waals surface area contributed by atoms with Crippen molar-refractivity contribution in [2.45, 2.75) is 45.7 Å². The second kappa shape index (κ2) is 7.61. The molecule has 5 heteroatoms. The fourth-order valence-electron chi connectivity index (χ4n) is 4.08. The van der Waals surface area contributed by atoms with Gasteiger partial charge in [0.1, 0.15) is 0 Å². The molecule has 4 rings (SSSR count). The molecule has 1 unspecified atom stereocenters. The average molecular weight is 361 g/mol. The van der Waals surface area contributed by atoms with E-state index < -0.39 is 0 Å². The molecule has 3 aromatic rings. The Morgan fingerprint density at radius 3 is 2.56 bits per heavy atom. The molecule has 1 aliphatic heterocycles. The second-order valence-electron chi connectivity index (χ2n) is 7.60. The third kappa shape index (κ3) is 4.08. The highest BCUT2D eigenvalue weighted by atomic mass is 15.2. The zero-order chi connectivity index (χ0) is 18.8. The van der Waals surface area contributed by atoms with Crippen molar-refractivity contribution < 1.29 is 0 Å². The number of likely N-dealkylation sites (tertiary alicyclic amines) is 1. The summed E-state index contributed by atoms with van der Waals surface area (Å²) in [7, 11) is 0. The third-order valence-corrected chi connectivity index (χ3v) is 5.43. The number of benzene rings is 1. The van der Waals surface area contributed by atoms with Crippen LogP contribution in [0.1, 0.15) is 42.8 Å². The van der Waals surface area contributed by atoms with E-state index >= 15 is 0 Å². The third-order valence-electron chi connectivity index (χ3n) is 5.43. The number of aromatic nitrogens is 3. The Kier molecular flexibility index (Phi) is 5.03. The van der Waals surface area contributed by atoms with Gasteiger partial charge in [-0.25, -0.2) is 0 Å². The summed E-state index contributed by atoms with van der Waals surface area (Å²) in [5.41, 5.74) is 6.54. The van der Waals surface area contributed by atoms with Crippen LogP contribution in [0.5, 0.6) is 0 Å². The Balaban J connectivity index is 1.48. The molecule has 140 valence electrons. The summed E-state index contributed by atoms with van der Waals surface area (Å²) in [5, 5.41) is 3.72. The van der Waals surface area contributed by atoms with E-state index in [0.29, 0.717) is 12.1 Å². The van der Waals surface area contributed by atoms with Crippen molar-refractivity contribution in [2.24, 2.45) is 0 Å². The summed E-state index contributed by atoms with van der Waals surface area (Å²) in [5.74, 6) is 0. The first kappa shape index (κ1) is 17.9. The second-order valence-corrected chi connectivity index (χ2v) is 7.60. The summed E-state index contributed by atoms with van der Waals surface area (Å²) in [4.78, 5) is 15.9. The van der Waals surface area contributed by atoms with Crippen molar-refractivity contribution in [2.75, 3.05) is 18.4 Å². The largest absolute Gasteiger partial charge is 0.381 e. The average Bonchev–Trinajstić information content (AvgIpc) is 2.66. The van der Waals surface area contributed by atoms with Crippen LogP contribution in [0.2, 0.25) is 0 Å². The molecular weight excluding hydrogens is 334 g/mol. The molecule has 2 atom stereocenters. The molecule has 2 aromatic heterocycles. The van der Waals surface area contributed by atoms with Crippen molar-refractivity contribution in [3.05, 3.63) is 59.7 Å². The maximum Gasteiger partial charge on any atom is 0.0890 e. The van der Waals surface area contributed by atoms with Gasteiger partial charge in [0, 0.05) is 48.1 Å². The molecule has 1 N–H and O–H groups in total. The molecule has 1 aliphatic rings. The monoisotopic (exact) mass is 361 g/mol. The fourth-order valence-corrected chi connectivity index (χ4v) is 4.08. The van der Waals surface area contributed by atoms with Crippen LogP contribution < -0.4 is 5.32 Å². The highest BCUT2D eigenvalue weighted by molar-refractivity contribution is 5.74. The molecule has 0 amide bonds. The quantitative estimate of drug-likeness (QED) is 0.752. The van der Waals surface area contributed by atoms with Crippen LogP contribution in [0.25, 0.3) is 11.0 Å². The number of aryl methyl sites for hydroxylation is 2. The lowest BCUT2D eigenvalue weighted by Gasteiger charge is -2.37. The van der Waals surface area contributed by atoms with Gasteiger partial charge in [0.2, 0.25) is 0 Å². The molecule has 1 fully saturated rings. The Morgan fingerprint density at radius 2 is 1.78 bits per heavy atom. The van der Waals surface area contributed by atoms with Crippen molar-refractivity contribution >= 4 is 16.7 Å². The maximum absolute atomic E-state index is 4.47. The first-order valence-electron chi connectivity index (χ1n) is 9.75. The van der Waals surface area contributed by atoms with Gasteiger partial charge in [-0.1, -0.05) is 6.07 Å². The Morgan fingerprint density at radius 1 is 1.04 bits per heavy atom. The van der Waals surface area contributed by atoms with E-state index in [1.807, 2.05) is 0 Å². The number of fused-ring (bicyclic) bond motifs is 1. The molecule has 1 aromatic carbocycles. The SMILES string of the molecule is Cc1cc(N[C@@H]2CCCN(C(C)c3ccc4nccnc4c3)C2)cc(C)n1. The normalized spacial score (nSPS) is 19.1. The Bertz CT molecular complexity index is 919. The van der Waals surface area contributed by atoms with Crippen molar-refractivity contribution in [3.8, 4) is 0 Å². The molecule has 27 heavy (non-hydrogen) atoms. The summed E-state index contributed by atoms with van der Waals surface area (Å²) >= 11 is 0. The van der Waals surface area contributed by atoms with Crippen LogP contribution in [0.3, 0.4) is 0 Å². The number of rotatable bonds is 4. The van der Waals surface area contributed by atoms with E-state index in [9.17, 15) is 0 Å². The number of nitrogens with zero attached hydrogens (tertiary/aromatic N) is 4. The zero-order valence-corrected chi connectivity index (χ0v) is 16.3. The standard InChI is InChI=1S/C22H27N5/c1-15-11-20(12-16(2)25-15)26-19-5-4-10-27(14-19)17(3)18-6-7-21-22(13-18)24-9-8-23-21/h6-9,11-13,17,19H,4-5,10,14H2,1-3H3,(H,25,26)/t17?,19-/m1/s1. The van der Waals surface area contributed by atoms with Crippen molar-refractivity contribution in [1.82, 2.24) is 19.9 Å². The molecular formula is C22H27N5. The minimum Gasteiger partial charge on any atom is -0.381 e. The summed E-state index contributed by atoms with van der Waals surface area (Å²) in [6, 6.07) is 11.5. The van der Waals surface area contributed by atoms with E-state index in [1.165, 1.54) is 24.1 Å². The van der Waals surface area contributed by atoms with Crippen LogP contribution >= 0.6 is 0 Å². The lowest BCUT2D eigenvalue weighted by atomic mass is 9.99. The lowest BCUT2D eigenvalue weighted by Crippen LogP contribution is -2.43. The zero-order valence-electron chi connectivity index (χ0n) is 16.3. The van der Waals surface area contributed by atoms with Crippen LogP contribution in [0, 0.1) is 13.8 Å². The molecule has 0 bridgehead atoms. The van der Waals surface area contributed by atoms with Gasteiger partial charge in [-0.05, 0) is 70.0 Å². The predicted molar refractivity (Wildman–Crippen MR) is 110 cm³/mol. The Labute approximate surface area is 160 Å². The number of pyridine rings is 1. The summed E-state index contributed by atoms with van der Waals surface area (Å²) in [6.45, 7) is 8.57. The summed E-state index contributed by atoms with van der Waals surface area (Å²) in [6.07, 6.45) is 5.91. The smallest absolute Gasteiger partial charge is 0.0890 e. The fraction of sp³-hybridized carbons (Fsp3) is 0.409. The van der Waals surface area contributed by atoms with Crippen LogP contribution in [-0.4, -0.2) is 39.0 Å². The predicted octanol–water partition coefficient (Wildman–Crippen LogP) is 4.28. The number of hydrogen-bond acceptors (Lipinski definition) is 5. The van der Waals surface area contributed by atoms with Gasteiger partial charge in [-0.15, -0.1) is 0 Å². The molecule has 0 radical (unpaired) electrons. The lowest BCUT2D eigenvalue weighted by molar-refractivity contribution is 0.165. The number of anilines is 1. The van der Waals surface area contributed by atoms with E-state index in [2.05, 4.69) is 76.3 Å². The van der Waals surface area contributed by atoms with E-state index in [0.717, 1.165) is 35.5 Å². The maximum atomic E-state index is 4.47. The molecule has 0 spiro atoms. The molecule has 3 heterocycles. The van der Waals surface area contributed by atoms with Gasteiger partial charge in [0.05, 0.1) is 11.0 Å².